The molecule has 3 aromatic carbocycles. The molecule has 0 heterocycles. The Morgan fingerprint density at radius 2 is 1.46 bits per heavy atom. The third-order valence-electron chi connectivity index (χ3n) is 4.82. The fraction of sp³-hybridized carbons (Fsp3) is 0.125. The van der Waals surface area contributed by atoms with Gasteiger partial charge in [-0.05, 0) is 54.1 Å². The minimum absolute atomic E-state index is 0.0383. The molecule has 0 saturated carbocycles. The largest absolute Gasteiger partial charge is 0.493 e. The summed E-state index contributed by atoms with van der Waals surface area (Å²) in [6.07, 6.45) is 1.37. The normalized spacial score (nSPS) is 10.5. The topological polar surface area (TPSA) is 141 Å². The molecule has 0 spiro atoms. The van der Waals surface area contributed by atoms with E-state index >= 15 is 0 Å². The highest BCUT2D eigenvalue weighted by Gasteiger charge is 2.17. The lowest BCUT2D eigenvalue weighted by molar-refractivity contribution is -0.384. The molecule has 3 aromatic rings. The van der Waals surface area contributed by atoms with Crippen LogP contribution in [-0.4, -0.2) is 44.3 Å². The van der Waals surface area contributed by atoms with Crippen LogP contribution in [0, 0.1) is 10.1 Å². The van der Waals surface area contributed by atoms with Gasteiger partial charge in [0, 0.05) is 28.9 Å². The van der Waals surface area contributed by atoms with E-state index < -0.39 is 16.7 Å². The van der Waals surface area contributed by atoms with Crippen LogP contribution < -0.4 is 25.0 Å². The van der Waals surface area contributed by atoms with Gasteiger partial charge in [0.2, 0.25) is 5.75 Å². The predicted octanol–water partition coefficient (Wildman–Crippen LogP) is 3.64. The van der Waals surface area contributed by atoms with Gasteiger partial charge in [0.25, 0.3) is 17.5 Å². The van der Waals surface area contributed by atoms with Gasteiger partial charge in [0.05, 0.1) is 32.5 Å². The zero-order chi connectivity index (χ0) is 25.4. The van der Waals surface area contributed by atoms with Gasteiger partial charge in [-0.15, -0.1) is 0 Å². The molecule has 0 aliphatic carbocycles. The number of hydrogen-bond acceptors (Lipinski definition) is 8. The maximum Gasteiger partial charge on any atom is 0.271 e. The second kappa shape index (κ2) is 11.3. The molecule has 0 atom stereocenters. The van der Waals surface area contributed by atoms with E-state index in [1.54, 1.807) is 12.1 Å². The molecule has 0 radical (unpaired) electrons. The molecule has 0 bridgehead atoms. The molecule has 11 nitrogen and oxygen atoms in total. The predicted molar refractivity (Wildman–Crippen MR) is 129 cm³/mol. The van der Waals surface area contributed by atoms with Gasteiger partial charge in [-0.1, -0.05) is 0 Å². The van der Waals surface area contributed by atoms with E-state index in [1.165, 1.54) is 76.1 Å². The van der Waals surface area contributed by atoms with Crippen molar-refractivity contribution in [2.24, 2.45) is 5.10 Å². The summed E-state index contributed by atoms with van der Waals surface area (Å²) in [5.74, 6) is 0.189. The number of nitrogens with zero attached hydrogens (tertiary/aromatic N) is 2. The number of nitro benzene ring substituents is 1. The molecule has 0 aliphatic rings. The SMILES string of the molecule is COc1cc(C(=O)Nc2ccc(C(=O)N/N=C\c3ccc([N+](=O)[O-])cc3)cc2)cc(OC)c1OC. The molecular formula is C24H22N4O7. The highest BCUT2D eigenvalue weighted by atomic mass is 16.6. The summed E-state index contributed by atoms with van der Waals surface area (Å²) < 4.78 is 15.8. The van der Waals surface area contributed by atoms with Crippen LogP contribution in [0.1, 0.15) is 26.3 Å². The summed E-state index contributed by atoms with van der Waals surface area (Å²) >= 11 is 0. The van der Waals surface area contributed by atoms with Crippen molar-refractivity contribution < 1.29 is 28.7 Å². The van der Waals surface area contributed by atoms with Crippen molar-refractivity contribution in [2.45, 2.75) is 0 Å². The Balaban J connectivity index is 1.63. The van der Waals surface area contributed by atoms with Crippen LogP contribution in [0.2, 0.25) is 0 Å². The van der Waals surface area contributed by atoms with Crippen molar-refractivity contribution in [3.63, 3.8) is 0 Å². The molecule has 3 rings (SSSR count). The van der Waals surface area contributed by atoms with Gasteiger partial charge in [-0.3, -0.25) is 19.7 Å². The molecule has 0 aromatic heterocycles. The molecule has 11 heteroatoms. The van der Waals surface area contributed by atoms with Crippen LogP contribution in [0.3, 0.4) is 0 Å². The van der Waals surface area contributed by atoms with E-state index in [0.29, 0.717) is 39.6 Å². The molecule has 0 unspecified atom stereocenters. The van der Waals surface area contributed by atoms with Crippen LogP contribution in [0.25, 0.3) is 0 Å². The third-order valence-corrected chi connectivity index (χ3v) is 4.82. The summed E-state index contributed by atoms with van der Waals surface area (Å²) in [5.41, 5.74) is 4.00. The Bertz CT molecular complexity index is 1230. The maximum atomic E-state index is 12.7. The quantitative estimate of drug-likeness (QED) is 0.272. The number of carbonyl (C=O) groups is 2. The lowest BCUT2D eigenvalue weighted by Crippen LogP contribution is -2.18. The van der Waals surface area contributed by atoms with E-state index in [-0.39, 0.29) is 5.69 Å². The van der Waals surface area contributed by atoms with Crippen molar-refractivity contribution in [3.05, 3.63) is 87.5 Å². The van der Waals surface area contributed by atoms with E-state index in [9.17, 15) is 19.7 Å². The number of carbonyl (C=O) groups excluding carboxylic acids is 2. The second-order valence-electron chi connectivity index (χ2n) is 6.99. The average molecular weight is 478 g/mol. The van der Waals surface area contributed by atoms with Crippen molar-refractivity contribution in [2.75, 3.05) is 26.6 Å². The van der Waals surface area contributed by atoms with E-state index in [1.807, 2.05) is 0 Å². The van der Waals surface area contributed by atoms with Crippen LogP contribution in [0.15, 0.2) is 65.8 Å². The molecule has 0 saturated heterocycles. The van der Waals surface area contributed by atoms with Gasteiger partial charge >= 0.3 is 0 Å². The molecule has 0 aliphatic heterocycles. The van der Waals surface area contributed by atoms with Gasteiger partial charge in [0.1, 0.15) is 0 Å². The molecule has 35 heavy (non-hydrogen) atoms. The number of amides is 2. The molecule has 0 fully saturated rings. The van der Waals surface area contributed by atoms with Crippen LogP contribution in [0.5, 0.6) is 17.2 Å². The Hall–Kier alpha value is -4.93. The van der Waals surface area contributed by atoms with Crippen LogP contribution >= 0.6 is 0 Å². The van der Waals surface area contributed by atoms with Gasteiger partial charge in [0.15, 0.2) is 11.5 Å². The Morgan fingerprint density at radius 3 is 1.97 bits per heavy atom. The van der Waals surface area contributed by atoms with Gasteiger partial charge in [-0.2, -0.15) is 5.10 Å². The van der Waals surface area contributed by atoms with Crippen LogP contribution in [0.4, 0.5) is 11.4 Å². The summed E-state index contributed by atoms with van der Waals surface area (Å²) in [4.78, 5) is 35.2. The lowest BCUT2D eigenvalue weighted by Gasteiger charge is -2.14. The number of ether oxygens (including phenoxy) is 3. The fourth-order valence-electron chi connectivity index (χ4n) is 3.03. The molecular weight excluding hydrogens is 456 g/mol. The molecule has 180 valence electrons. The first-order valence-electron chi connectivity index (χ1n) is 10.2. The number of rotatable bonds is 9. The number of benzene rings is 3. The standard InChI is InChI=1S/C24H22N4O7/c1-33-20-12-17(13-21(34-2)22(20)35-3)23(29)26-18-8-6-16(7-9-18)24(30)27-25-14-15-4-10-19(11-5-15)28(31)32/h4-14H,1-3H3,(H,26,29)(H,27,30)/b25-14-. The minimum atomic E-state index is -0.501. The highest BCUT2D eigenvalue weighted by molar-refractivity contribution is 6.05. The number of non-ortho nitro benzene ring substituents is 1. The van der Waals surface area contributed by atoms with Crippen molar-refractivity contribution >= 4 is 29.4 Å². The first-order valence-corrected chi connectivity index (χ1v) is 10.2. The molecule has 2 N–H and O–H groups in total. The Labute approximate surface area is 200 Å². The number of methoxy groups -OCH3 is 3. The smallest absolute Gasteiger partial charge is 0.271 e. The lowest BCUT2D eigenvalue weighted by atomic mass is 10.1. The third kappa shape index (κ3) is 6.11. The van der Waals surface area contributed by atoms with E-state index in [2.05, 4.69) is 15.8 Å². The molecule has 2 amide bonds. The summed E-state index contributed by atoms with van der Waals surface area (Å²) in [6.45, 7) is 0. The summed E-state index contributed by atoms with van der Waals surface area (Å²) in [7, 11) is 4.39. The minimum Gasteiger partial charge on any atom is -0.493 e. The highest BCUT2D eigenvalue weighted by Crippen LogP contribution is 2.38. The van der Waals surface area contributed by atoms with E-state index in [0.717, 1.165) is 0 Å². The van der Waals surface area contributed by atoms with Gasteiger partial charge < -0.3 is 19.5 Å². The van der Waals surface area contributed by atoms with Crippen molar-refractivity contribution in [1.82, 2.24) is 5.43 Å². The second-order valence-corrected chi connectivity index (χ2v) is 6.99. The van der Waals surface area contributed by atoms with Gasteiger partial charge in [-0.25, -0.2) is 5.43 Å². The zero-order valence-corrected chi connectivity index (χ0v) is 19.1. The first-order chi connectivity index (χ1) is 16.9. The number of hydrazone groups is 1. The summed E-state index contributed by atoms with van der Waals surface area (Å²) in [6, 6.07) is 15.0. The number of hydrogen-bond donors (Lipinski definition) is 2. The Kier molecular flexibility index (Phi) is 7.96. The summed E-state index contributed by atoms with van der Waals surface area (Å²) in [5, 5.41) is 17.3. The number of nitrogens with one attached hydrogen (secondary N) is 2. The number of nitro groups is 1. The van der Waals surface area contributed by atoms with Crippen molar-refractivity contribution in [1.29, 1.82) is 0 Å². The number of anilines is 1. The fourth-order valence-corrected chi connectivity index (χ4v) is 3.03. The van der Waals surface area contributed by atoms with Crippen LogP contribution in [-0.2, 0) is 0 Å². The van der Waals surface area contributed by atoms with E-state index in [4.69, 9.17) is 14.2 Å². The zero-order valence-electron chi connectivity index (χ0n) is 19.1. The van der Waals surface area contributed by atoms with Crippen molar-refractivity contribution in [3.8, 4) is 17.2 Å². The Morgan fingerprint density at radius 1 is 0.857 bits per heavy atom. The maximum absolute atomic E-state index is 12.7. The monoisotopic (exact) mass is 478 g/mol. The average Bonchev–Trinajstić information content (AvgIpc) is 2.88. The first kappa shape index (κ1) is 24.7.